The molecule has 3 aliphatic rings. The molecule has 2 fully saturated rings. The van der Waals surface area contributed by atoms with E-state index in [0.717, 1.165) is 22.1 Å². The maximum Gasteiger partial charge on any atom is 0.547 e. The number of fused-ring (bicyclic) bond motifs is 1. The van der Waals surface area contributed by atoms with Gasteiger partial charge < -0.3 is 51.4 Å². The van der Waals surface area contributed by atoms with Crippen LogP contribution in [0.3, 0.4) is 0 Å². The number of carboxylic acid groups (broad SMARTS) is 1. The summed E-state index contributed by atoms with van der Waals surface area (Å²) in [5, 5.41) is 54.3. The van der Waals surface area contributed by atoms with E-state index in [1.54, 1.807) is 17.0 Å². The first kappa shape index (κ1) is 38.4. The molecule has 54 heavy (non-hydrogen) atoms. The van der Waals surface area contributed by atoms with Gasteiger partial charge in [0.15, 0.2) is 17.3 Å². The number of carbonyl (C=O) groups excluding carboxylic acids is 3. The number of nitrogens with two attached hydrogens (primary N) is 1. The first-order valence-corrected chi connectivity index (χ1v) is 17.3. The zero-order valence-electron chi connectivity index (χ0n) is 28.5. The molecule has 0 unspecified atom stereocenters. The number of likely N-dealkylation sites (tertiary alicyclic amines) is 1. The standard InChI is InChI=1S/C34H36BClF2N6O10/c36-26-21(13-23(38)28(46)29(26)47)27(31(48)40-24-12-18-1-2-22(37)25(32(49)50)30(18)54-35(24)53)41-33(51)44-8-7-43(34(44)52)19-3-5-42(6-4-19)15-17-9-16(14-39)10-20(45)11-17/h1-2,9-11,13,19,24,27,45-47,53H,3-8,12,14-15,39H2,(H,40,48)(H,41,51)(H,49,50)/t24-,27+/m0/s1. The van der Waals surface area contributed by atoms with Gasteiger partial charge in [0.25, 0.3) is 0 Å². The van der Waals surface area contributed by atoms with Crippen molar-refractivity contribution >= 4 is 42.7 Å². The number of nitrogens with one attached hydrogen (secondary N) is 2. The van der Waals surface area contributed by atoms with Gasteiger partial charge in [0.1, 0.15) is 28.9 Å². The Kier molecular flexibility index (Phi) is 11.0. The summed E-state index contributed by atoms with van der Waals surface area (Å²) in [6, 6.07) is 4.02. The Morgan fingerprint density at radius 2 is 1.70 bits per heavy atom. The van der Waals surface area contributed by atoms with Crippen LogP contribution in [0.1, 0.15) is 51.5 Å². The number of phenols is 3. The third kappa shape index (κ3) is 7.66. The molecule has 3 heterocycles. The topological polar surface area (TPSA) is 238 Å². The fourth-order valence-electron chi connectivity index (χ4n) is 7.02. The number of phenolic OH excluding ortho intramolecular Hbond substituents is 3. The third-order valence-corrected chi connectivity index (χ3v) is 10.1. The van der Waals surface area contributed by atoms with Gasteiger partial charge >= 0.3 is 25.1 Å². The van der Waals surface area contributed by atoms with Gasteiger partial charge in [-0.2, -0.15) is 0 Å². The van der Waals surface area contributed by atoms with Crippen molar-refractivity contribution in [3.05, 3.63) is 80.9 Å². The highest BCUT2D eigenvalue weighted by atomic mass is 35.5. The zero-order valence-corrected chi connectivity index (χ0v) is 29.2. The van der Waals surface area contributed by atoms with Crippen molar-refractivity contribution in [2.75, 3.05) is 26.2 Å². The molecule has 2 atom stereocenters. The maximum atomic E-state index is 14.7. The van der Waals surface area contributed by atoms with E-state index in [9.17, 15) is 53.4 Å². The molecule has 0 spiro atoms. The summed E-state index contributed by atoms with van der Waals surface area (Å²) in [5.74, 6) is -9.29. The first-order valence-electron chi connectivity index (χ1n) is 16.9. The molecule has 20 heteroatoms. The summed E-state index contributed by atoms with van der Waals surface area (Å²) in [6.45, 7) is 2.21. The highest BCUT2D eigenvalue weighted by Gasteiger charge is 2.43. The van der Waals surface area contributed by atoms with Gasteiger partial charge in [-0.15, -0.1) is 0 Å². The third-order valence-electron chi connectivity index (χ3n) is 9.75. The van der Waals surface area contributed by atoms with Gasteiger partial charge in [-0.25, -0.2) is 28.1 Å². The Morgan fingerprint density at radius 1 is 1.00 bits per heavy atom. The molecule has 0 radical (unpaired) electrons. The normalized spacial score (nSPS) is 18.3. The molecule has 3 aliphatic heterocycles. The number of piperidine rings is 1. The van der Waals surface area contributed by atoms with Crippen LogP contribution in [0.2, 0.25) is 5.02 Å². The van der Waals surface area contributed by atoms with E-state index in [4.69, 9.17) is 22.0 Å². The van der Waals surface area contributed by atoms with Gasteiger partial charge in [-0.1, -0.05) is 23.7 Å². The minimum Gasteiger partial charge on any atom is -0.534 e. The second kappa shape index (κ2) is 15.5. The number of imide groups is 1. The number of carbonyl (C=O) groups is 4. The predicted octanol–water partition coefficient (Wildman–Crippen LogP) is 2.18. The highest BCUT2D eigenvalue weighted by Crippen LogP contribution is 2.41. The van der Waals surface area contributed by atoms with Gasteiger partial charge in [0.2, 0.25) is 5.91 Å². The summed E-state index contributed by atoms with van der Waals surface area (Å²) in [7, 11) is -1.92. The molecule has 2 saturated heterocycles. The van der Waals surface area contributed by atoms with Crippen LogP contribution in [0, 0.1) is 11.6 Å². The van der Waals surface area contributed by atoms with Crippen molar-refractivity contribution in [3.63, 3.8) is 0 Å². The van der Waals surface area contributed by atoms with E-state index in [1.807, 2.05) is 6.07 Å². The number of hydrogen-bond acceptors (Lipinski definition) is 11. The van der Waals surface area contributed by atoms with Crippen LogP contribution in [-0.4, -0.2) is 109 Å². The van der Waals surface area contributed by atoms with Gasteiger partial charge in [-0.3, -0.25) is 9.69 Å². The van der Waals surface area contributed by atoms with E-state index >= 15 is 0 Å². The molecular formula is C34H36BClF2N6O10. The molecule has 3 aromatic carbocycles. The summed E-state index contributed by atoms with van der Waals surface area (Å²) < 4.78 is 34.2. The minimum atomic E-state index is -1.93. The van der Waals surface area contributed by atoms with Crippen molar-refractivity contribution in [3.8, 4) is 23.0 Å². The van der Waals surface area contributed by atoms with Crippen LogP contribution >= 0.6 is 11.6 Å². The Bertz CT molecular complexity index is 2000. The lowest BCUT2D eigenvalue weighted by Crippen LogP contribution is -2.56. The molecule has 0 saturated carbocycles. The number of halogens is 3. The van der Waals surface area contributed by atoms with E-state index in [-0.39, 0.29) is 43.4 Å². The van der Waals surface area contributed by atoms with Gasteiger partial charge in [-0.05, 0) is 60.2 Å². The summed E-state index contributed by atoms with van der Waals surface area (Å²) in [4.78, 5) is 57.2. The lowest BCUT2D eigenvalue weighted by Gasteiger charge is -2.36. The molecule has 5 amide bonds. The van der Waals surface area contributed by atoms with Crippen molar-refractivity contribution in [1.82, 2.24) is 25.3 Å². The van der Waals surface area contributed by atoms with Crippen LogP contribution in [0.5, 0.6) is 23.0 Å². The molecule has 3 aromatic rings. The second-order valence-corrected chi connectivity index (χ2v) is 13.6. The average Bonchev–Trinajstić information content (AvgIpc) is 3.52. The molecule has 0 aliphatic carbocycles. The van der Waals surface area contributed by atoms with Crippen molar-refractivity contribution in [2.24, 2.45) is 5.73 Å². The largest absolute Gasteiger partial charge is 0.547 e. The van der Waals surface area contributed by atoms with Crippen molar-refractivity contribution < 1.29 is 58.1 Å². The zero-order chi connectivity index (χ0) is 39.0. The van der Waals surface area contributed by atoms with Crippen LogP contribution in [-0.2, 0) is 24.3 Å². The number of urea groups is 2. The monoisotopic (exact) mass is 772 g/mol. The number of carboxylic acids is 1. The Labute approximate surface area is 311 Å². The van der Waals surface area contributed by atoms with Crippen molar-refractivity contribution in [2.45, 2.75) is 50.4 Å². The lowest BCUT2D eigenvalue weighted by molar-refractivity contribution is -0.123. The molecule has 9 N–H and O–H groups in total. The van der Waals surface area contributed by atoms with E-state index in [1.165, 1.54) is 6.07 Å². The highest BCUT2D eigenvalue weighted by molar-refractivity contribution is 6.47. The molecule has 16 nitrogen and oxygen atoms in total. The summed E-state index contributed by atoms with van der Waals surface area (Å²) >= 11 is 6.21. The smallest absolute Gasteiger partial charge is 0.534 e. The Balaban J connectivity index is 1.15. The maximum absolute atomic E-state index is 14.7. The number of aromatic carboxylic acids is 1. The number of nitrogens with zero attached hydrogens (tertiary/aromatic N) is 3. The fraction of sp³-hybridized carbons (Fsp3) is 0.353. The first-order chi connectivity index (χ1) is 25.7. The molecular weight excluding hydrogens is 737 g/mol. The van der Waals surface area contributed by atoms with E-state index < -0.39 is 88.1 Å². The molecule has 6 rings (SSSR count). The minimum absolute atomic E-state index is 0.0677. The number of hydrogen-bond donors (Lipinski definition) is 8. The molecule has 0 bridgehead atoms. The average molecular weight is 773 g/mol. The number of rotatable bonds is 9. The summed E-state index contributed by atoms with van der Waals surface area (Å²) in [6.07, 6.45) is 0.908. The van der Waals surface area contributed by atoms with E-state index in [2.05, 4.69) is 15.5 Å². The second-order valence-electron chi connectivity index (χ2n) is 13.2. The van der Waals surface area contributed by atoms with Crippen LogP contribution in [0.15, 0.2) is 36.4 Å². The van der Waals surface area contributed by atoms with Crippen molar-refractivity contribution in [1.29, 1.82) is 0 Å². The summed E-state index contributed by atoms with van der Waals surface area (Å²) in [5.41, 5.74) is 6.20. The number of benzene rings is 3. The Hall–Kier alpha value is -5.37. The van der Waals surface area contributed by atoms with Gasteiger partial charge in [0.05, 0.1) is 11.0 Å². The fourth-order valence-corrected chi connectivity index (χ4v) is 7.28. The quantitative estimate of drug-likeness (QED) is 0.115. The number of amides is 5. The van der Waals surface area contributed by atoms with Gasteiger partial charge in [0, 0.05) is 50.9 Å². The van der Waals surface area contributed by atoms with Crippen LogP contribution in [0.4, 0.5) is 18.4 Å². The molecule has 286 valence electrons. The van der Waals surface area contributed by atoms with Crippen LogP contribution < -0.4 is 21.0 Å². The van der Waals surface area contributed by atoms with E-state index in [0.29, 0.717) is 38.5 Å². The van der Waals surface area contributed by atoms with Crippen LogP contribution in [0.25, 0.3) is 0 Å². The Morgan fingerprint density at radius 3 is 2.39 bits per heavy atom. The SMILES string of the molecule is NCc1cc(O)cc(CN2CCC(N3CCN(C(=O)N[C@@H](C(=O)N[C@H]4Cc5ccc(F)c(C(=O)O)c5OB4O)c4cc(F)c(O)c(O)c4Cl)C3=O)CC2)c1. The predicted molar refractivity (Wildman–Crippen MR) is 187 cm³/mol. The number of aromatic hydroxyl groups is 3. The lowest BCUT2D eigenvalue weighted by atomic mass is 9.72. The molecule has 0 aromatic heterocycles.